The van der Waals surface area contributed by atoms with Crippen molar-refractivity contribution in [3.63, 3.8) is 0 Å². The number of aromatic amines is 4. The highest BCUT2D eigenvalue weighted by molar-refractivity contribution is 6.56. The van der Waals surface area contributed by atoms with Gasteiger partial charge >= 0.3 is 0 Å². The Hall–Kier alpha value is -5.00. The number of phenols is 2. The zero-order valence-electron chi connectivity index (χ0n) is 30.0. The number of phenolic OH excluding ortho intramolecular Hbond substituents is 2. The minimum atomic E-state index is -0.517. The summed E-state index contributed by atoms with van der Waals surface area (Å²) < 4.78 is 0. The van der Waals surface area contributed by atoms with Crippen LogP contribution in [0.3, 0.4) is 0 Å². The van der Waals surface area contributed by atoms with Crippen molar-refractivity contribution in [1.29, 1.82) is 0 Å². The Morgan fingerprint density at radius 1 is 0.367 bits per heavy atom. The van der Waals surface area contributed by atoms with Crippen LogP contribution in [0.1, 0.15) is 45.3 Å². The van der Waals surface area contributed by atoms with E-state index in [2.05, 4.69) is 19.9 Å². The highest BCUT2D eigenvalue weighted by Crippen LogP contribution is 2.41. The van der Waals surface area contributed by atoms with Crippen molar-refractivity contribution in [2.45, 2.75) is 0 Å². The number of aromatic nitrogens is 4. The molecule has 0 unspecified atom stereocenters. The molecule has 0 fully saturated rings. The van der Waals surface area contributed by atoms with Gasteiger partial charge in [0.1, 0.15) is 0 Å². The van der Waals surface area contributed by atoms with Crippen molar-refractivity contribution in [2.75, 3.05) is 0 Å². The molecule has 0 saturated heterocycles. The van der Waals surface area contributed by atoms with Crippen LogP contribution in [0.4, 0.5) is 0 Å². The van der Waals surface area contributed by atoms with Gasteiger partial charge in [-0.05, 0) is 119 Å². The van der Waals surface area contributed by atoms with E-state index < -0.39 is 11.6 Å². The lowest BCUT2D eigenvalue weighted by atomic mass is 9.97. The van der Waals surface area contributed by atoms with Crippen LogP contribution >= 0.6 is 92.8 Å². The van der Waals surface area contributed by atoms with Crippen LogP contribution in [0.25, 0.3) is 22.3 Å². The van der Waals surface area contributed by atoms with E-state index in [1.165, 1.54) is 0 Å². The maximum Gasteiger partial charge on any atom is 0.215 e. The number of aromatic hydroxyl groups is 2. The first-order valence-corrected chi connectivity index (χ1v) is 20.7. The molecule has 3 aliphatic rings. The van der Waals surface area contributed by atoms with E-state index in [-0.39, 0.29) is 51.7 Å². The number of allylic oxidation sites excluding steroid dienone is 10. The van der Waals surface area contributed by atoms with E-state index >= 15 is 0 Å². The third-order valence-electron chi connectivity index (χ3n) is 10.1. The van der Waals surface area contributed by atoms with Crippen LogP contribution in [-0.2, 0) is 9.59 Å². The van der Waals surface area contributed by atoms with E-state index in [4.69, 9.17) is 92.8 Å². The van der Waals surface area contributed by atoms with Gasteiger partial charge in [0.25, 0.3) is 0 Å². The number of ketones is 2. The summed E-state index contributed by atoms with van der Waals surface area (Å²) in [6, 6.07) is 21.3. The number of benzene rings is 2. The second kappa shape index (κ2) is 15.5. The quantitative estimate of drug-likeness (QED) is 0.103. The summed E-state index contributed by atoms with van der Waals surface area (Å²) in [5.41, 5.74) is 8.07. The van der Waals surface area contributed by atoms with Gasteiger partial charge in [0.15, 0.2) is 11.5 Å². The molecule has 8 nitrogen and oxygen atoms in total. The highest BCUT2D eigenvalue weighted by atomic mass is 35.5. The number of carbonyl (C=O) groups is 2. The van der Waals surface area contributed by atoms with Gasteiger partial charge in [-0.15, -0.1) is 0 Å². The summed E-state index contributed by atoms with van der Waals surface area (Å²) in [4.78, 5) is 39.6. The maximum absolute atomic E-state index is 12.7. The number of H-pyrrole nitrogens is 4. The van der Waals surface area contributed by atoms with Crippen LogP contribution in [0, 0.1) is 0 Å². The van der Waals surface area contributed by atoms with Gasteiger partial charge < -0.3 is 30.1 Å². The fourth-order valence-corrected chi connectivity index (χ4v) is 9.35. The number of hydrogen-bond acceptors (Lipinski definition) is 4. The van der Waals surface area contributed by atoms with Crippen LogP contribution in [0.2, 0.25) is 20.1 Å². The standard InChI is InChI=1S/C44H22Cl8N4O4/c45-21-9-17(10-22(46)41(21)57)37-29-1-2-30(53-29)38(18-11-23(47)42(58)24(48)12-18)32-5-6-34(55-32)40(20-15-27(51)44(60)28(52)16-20)36-8-7-35(56-36)39(33-4-3-31(37)54-33)19-13-25(49)43(59)26(50)14-19/h1-16,53-58H. The first kappa shape index (κ1) is 40.4. The Labute approximate surface area is 379 Å². The fraction of sp³-hybridized carbons (Fsp3) is 0. The number of carbonyl (C=O) groups excluding carboxylic acids is 2. The molecule has 0 amide bonds. The van der Waals surface area contributed by atoms with Gasteiger partial charge in [0, 0.05) is 67.2 Å². The molecule has 5 heterocycles. The predicted molar refractivity (Wildman–Crippen MR) is 240 cm³/mol. The molecule has 8 bridgehead atoms. The minimum Gasteiger partial charge on any atom is -0.505 e. The molecule has 0 atom stereocenters. The van der Waals surface area contributed by atoms with E-state index in [1.807, 2.05) is 48.5 Å². The number of halogens is 8. The number of hydrogen-bond donors (Lipinski definition) is 6. The van der Waals surface area contributed by atoms with E-state index in [0.29, 0.717) is 89.4 Å². The van der Waals surface area contributed by atoms with Gasteiger partial charge in [-0.2, -0.15) is 0 Å². The van der Waals surface area contributed by atoms with E-state index in [9.17, 15) is 19.8 Å². The number of Topliss-reactive ketones (excluding diaryl/α,β-unsaturated/α-hetero) is 2. The third-order valence-corrected chi connectivity index (χ3v) is 12.4. The average molecular weight is 954 g/mol. The summed E-state index contributed by atoms with van der Waals surface area (Å²) in [7, 11) is 0. The number of rotatable bonds is 2. The maximum atomic E-state index is 12.7. The first-order valence-electron chi connectivity index (χ1n) is 17.6. The summed E-state index contributed by atoms with van der Waals surface area (Å²) in [6.45, 7) is 0. The summed E-state index contributed by atoms with van der Waals surface area (Å²) in [5.74, 6) is -1.58. The molecule has 6 N–H and O–H groups in total. The Balaban J connectivity index is 1.45. The Bertz CT molecular complexity index is 2950. The zero-order valence-corrected chi connectivity index (χ0v) is 36.0. The largest absolute Gasteiger partial charge is 0.505 e. The van der Waals surface area contributed by atoms with Crippen molar-refractivity contribution in [3.8, 4) is 11.5 Å². The molecular weight excluding hydrogens is 932 g/mol. The summed E-state index contributed by atoms with van der Waals surface area (Å²) in [6.07, 6.45) is 6.16. The minimum absolute atomic E-state index is 0.0305. The van der Waals surface area contributed by atoms with E-state index in [0.717, 1.165) is 0 Å². The van der Waals surface area contributed by atoms with Crippen LogP contribution < -0.4 is 10.7 Å². The molecule has 4 aromatic heterocycles. The lowest BCUT2D eigenvalue weighted by Crippen LogP contribution is -2.17. The Morgan fingerprint density at radius 3 is 0.917 bits per heavy atom. The molecule has 16 heteroatoms. The molecule has 0 spiro atoms. The van der Waals surface area contributed by atoms with Gasteiger partial charge in [-0.3, -0.25) is 9.59 Å². The highest BCUT2D eigenvalue weighted by Gasteiger charge is 2.26. The Morgan fingerprint density at radius 2 is 0.633 bits per heavy atom. The SMILES string of the molecule is O=C1C(Cl)=CC(=C2c3ccc([nH]3)C(=C3C=C(Cl)C(=O)C(Cl)=C3)c3ccc([nH]3)C(c3cc(Cl)c(O)c(Cl)c3)=c3ccc([nH]3)=C(c3cc(Cl)c(O)c(Cl)c3)c3ccc2[nH]3)C=C1Cl. The van der Waals surface area contributed by atoms with Crippen molar-refractivity contribution < 1.29 is 19.8 Å². The van der Waals surface area contributed by atoms with Crippen molar-refractivity contribution in [2.24, 2.45) is 0 Å². The lowest BCUT2D eigenvalue weighted by Gasteiger charge is -2.15. The molecule has 298 valence electrons. The van der Waals surface area contributed by atoms with Crippen LogP contribution in [0.15, 0.2) is 128 Å². The van der Waals surface area contributed by atoms with Crippen molar-refractivity contribution in [1.82, 2.24) is 19.9 Å². The van der Waals surface area contributed by atoms with Gasteiger partial charge in [-0.1, -0.05) is 92.8 Å². The summed E-state index contributed by atoms with van der Waals surface area (Å²) in [5, 5.41) is 22.1. The molecule has 60 heavy (non-hydrogen) atoms. The molecule has 0 saturated carbocycles. The topological polar surface area (TPSA) is 138 Å². The molecule has 9 rings (SSSR count). The fourth-order valence-electron chi connectivity index (χ4n) is 7.40. The first-order chi connectivity index (χ1) is 28.7. The molecule has 0 radical (unpaired) electrons. The lowest BCUT2D eigenvalue weighted by molar-refractivity contribution is -0.112. The molecule has 2 aliphatic carbocycles. The molecule has 2 aromatic carbocycles. The zero-order chi connectivity index (χ0) is 42.3. The van der Waals surface area contributed by atoms with Crippen LogP contribution in [0.5, 0.6) is 11.5 Å². The second-order valence-electron chi connectivity index (χ2n) is 13.8. The van der Waals surface area contributed by atoms with Crippen molar-refractivity contribution >= 4 is 127 Å². The predicted octanol–water partition coefficient (Wildman–Crippen LogP) is 11.1. The van der Waals surface area contributed by atoms with Crippen LogP contribution in [-0.4, -0.2) is 41.7 Å². The van der Waals surface area contributed by atoms with Gasteiger partial charge in [0.05, 0.1) is 40.2 Å². The monoisotopic (exact) mass is 950 g/mol. The normalized spacial score (nSPS) is 15.7. The average Bonchev–Trinajstić information content (AvgIpc) is 4.05. The molecule has 1 aliphatic heterocycles. The van der Waals surface area contributed by atoms with E-state index in [1.54, 1.807) is 48.6 Å². The third kappa shape index (κ3) is 7.01. The second-order valence-corrected chi connectivity index (χ2v) is 17.0. The number of nitrogens with one attached hydrogen (secondary N) is 4. The van der Waals surface area contributed by atoms with Crippen molar-refractivity contribution in [3.05, 3.63) is 204 Å². The molecule has 6 aromatic rings. The number of fused-ring (bicyclic) bond motifs is 8. The Kier molecular flexibility index (Phi) is 10.4. The summed E-state index contributed by atoms with van der Waals surface area (Å²) >= 11 is 51.9. The smallest absolute Gasteiger partial charge is 0.215 e. The van der Waals surface area contributed by atoms with Gasteiger partial charge in [0.2, 0.25) is 11.6 Å². The molecular formula is C44H22Cl8N4O4. The van der Waals surface area contributed by atoms with Gasteiger partial charge in [-0.25, -0.2) is 0 Å².